The predicted molar refractivity (Wildman–Crippen MR) is 102 cm³/mol. The van der Waals surface area contributed by atoms with Gasteiger partial charge in [-0.1, -0.05) is 19.4 Å². The fraction of sp³-hybridized carbons (Fsp3) is 0.263. The third-order valence-electron chi connectivity index (χ3n) is 4.18. The summed E-state index contributed by atoms with van der Waals surface area (Å²) < 4.78 is 6.97. The Balaban J connectivity index is 2.06. The average molecular weight is 368 g/mol. The largest absolute Gasteiger partial charge is 0.495 e. The SMILES string of the molecule is CCCc1nc2ccc(C)cn2c1C(=O)Nc1cc([N+](=O)[O-])ccc1OC. The number of anilines is 1. The van der Waals surface area contributed by atoms with E-state index in [-0.39, 0.29) is 11.4 Å². The molecule has 0 aliphatic heterocycles. The number of hydrogen-bond acceptors (Lipinski definition) is 5. The number of non-ortho nitro benzene ring substituents is 1. The number of nitro benzene ring substituents is 1. The molecule has 3 rings (SSSR count). The van der Waals surface area contributed by atoms with Crippen molar-refractivity contribution in [1.82, 2.24) is 9.38 Å². The van der Waals surface area contributed by atoms with Crippen LogP contribution in [0.15, 0.2) is 36.5 Å². The summed E-state index contributed by atoms with van der Waals surface area (Å²) in [5, 5.41) is 13.8. The topological polar surface area (TPSA) is 98.8 Å². The van der Waals surface area contributed by atoms with Crippen molar-refractivity contribution in [3.8, 4) is 5.75 Å². The number of nitrogens with zero attached hydrogens (tertiary/aromatic N) is 3. The molecule has 0 aliphatic carbocycles. The first-order valence-electron chi connectivity index (χ1n) is 8.56. The molecular weight excluding hydrogens is 348 g/mol. The van der Waals surface area contributed by atoms with Crippen LogP contribution in [-0.4, -0.2) is 27.3 Å². The maximum absolute atomic E-state index is 13.0. The number of nitro groups is 1. The van der Waals surface area contributed by atoms with Gasteiger partial charge in [-0.25, -0.2) is 4.98 Å². The third kappa shape index (κ3) is 3.59. The first-order chi connectivity index (χ1) is 12.9. The van der Waals surface area contributed by atoms with Crippen molar-refractivity contribution < 1.29 is 14.5 Å². The molecule has 27 heavy (non-hydrogen) atoms. The molecule has 0 aliphatic rings. The fourth-order valence-electron chi connectivity index (χ4n) is 2.94. The van der Waals surface area contributed by atoms with E-state index in [4.69, 9.17) is 4.74 Å². The Morgan fingerprint density at radius 3 is 2.78 bits per heavy atom. The number of methoxy groups -OCH3 is 1. The Kier molecular flexibility index (Phi) is 5.07. The van der Waals surface area contributed by atoms with E-state index in [0.717, 1.165) is 12.0 Å². The number of nitrogens with one attached hydrogen (secondary N) is 1. The number of imidazole rings is 1. The second-order valence-corrected chi connectivity index (χ2v) is 6.19. The van der Waals surface area contributed by atoms with Gasteiger partial charge in [0.05, 0.1) is 23.4 Å². The standard InChI is InChI=1S/C19H20N4O4/c1-4-5-14-18(22-11-12(2)6-9-17(22)20-14)19(24)21-15-10-13(23(25)26)7-8-16(15)27-3/h6-11H,4-5H2,1-3H3,(H,21,24). The summed E-state index contributed by atoms with van der Waals surface area (Å²) >= 11 is 0. The van der Waals surface area contributed by atoms with Gasteiger partial charge >= 0.3 is 0 Å². The lowest BCUT2D eigenvalue weighted by molar-refractivity contribution is -0.384. The lowest BCUT2D eigenvalue weighted by Gasteiger charge is -2.11. The van der Waals surface area contributed by atoms with E-state index in [1.54, 1.807) is 4.40 Å². The number of benzene rings is 1. The Hall–Kier alpha value is -3.42. The Labute approximate surface area is 155 Å². The minimum atomic E-state index is -0.519. The molecule has 0 unspecified atom stereocenters. The number of ether oxygens (including phenoxy) is 1. The van der Waals surface area contributed by atoms with Crippen LogP contribution in [0.4, 0.5) is 11.4 Å². The summed E-state index contributed by atoms with van der Waals surface area (Å²) in [5.41, 5.74) is 2.88. The van der Waals surface area contributed by atoms with Crippen molar-refractivity contribution in [2.45, 2.75) is 26.7 Å². The second-order valence-electron chi connectivity index (χ2n) is 6.19. The van der Waals surface area contributed by atoms with Crippen LogP contribution in [0.5, 0.6) is 5.75 Å². The predicted octanol–water partition coefficient (Wildman–Crippen LogP) is 3.76. The first kappa shape index (κ1) is 18.4. The molecule has 1 N–H and O–H groups in total. The molecule has 1 aromatic carbocycles. The smallest absolute Gasteiger partial charge is 0.274 e. The maximum Gasteiger partial charge on any atom is 0.274 e. The molecule has 0 spiro atoms. The Morgan fingerprint density at radius 1 is 1.33 bits per heavy atom. The summed E-state index contributed by atoms with van der Waals surface area (Å²) in [4.78, 5) is 28.1. The van der Waals surface area contributed by atoms with Gasteiger partial charge < -0.3 is 10.1 Å². The van der Waals surface area contributed by atoms with Gasteiger partial charge in [-0.15, -0.1) is 0 Å². The first-order valence-corrected chi connectivity index (χ1v) is 8.56. The van der Waals surface area contributed by atoms with Crippen molar-refractivity contribution in [1.29, 1.82) is 0 Å². The number of carbonyl (C=O) groups excluding carboxylic acids is 1. The molecule has 0 atom stereocenters. The van der Waals surface area contributed by atoms with Crippen molar-refractivity contribution in [2.24, 2.45) is 0 Å². The van der Waals surface area contributed by atoms with Gasteiger partial charge in [-0.2, -0.15) is 0 Å². The Morgan fingerprint density at radius 2 is 2.11 bits per heavy atom. The van der Waals surface area contributed by atoms with Crippen molar-refractivity contribution in [3.63, 3.8) is 0 Å². The number of aryl methyl sites for hydroxylation is 2. The molecule has 1 amide bonds. The zero-order valence-corrected chi connectivity index (χ0v) is 15.4. The van der Waals surface area contributed by atoms with E-state index in [1.807, 2.05) is 32.2 Å². The highest BCUT2D eigenvalue weighted by atomic mass is 16.6. The van der Waals surface area contributed by atoms with Crippen molar-refractivity contribution in [2.75, 3.05) is 12.4 Å². The van der Waals surface area contributed by atoms with E-state index in [9.17, 15) is 14.9 Å². The number of hydrogen-bond donors (Lipinski definition) is 1. The van der Waals surface area contributed by atoms with Gasteiger partial charge in [0.1, 0.15) is 17.1 Å². The van der Waals surface area contributed by atoms with E-state index in [1.165, 1.54) is 25.3 Å². The number of carbonyl (C=O) groups is 1. The normalized spacial score (nSPS) is 10.8. The van der Waals surface area contributed by atoms with Crippen LogP contribution in [0.25, 0.3) is 5.65 Å². The molecule has 0 radical (unpaired) electrons. The molecular formula is C19H20N4O4. The highest BCUT2D eigenvalue weighted by molar-refractivity contribution is 6.05. The van der Waals surface area contributed by atoms with Crippen LogP contribution >= 0.6 is 0 Å². The van der Waals surface area contributed by atoms with Crippen LogP contribution in [0.2, 0.25) is 0 Å². The van der Waals surface area contributed by atoms with E-state index in [2.05, 4.69) is 10.3 Å². The van der Waals surface area contributed by atoms with E-state index < -0.39 is 10.8 Å². The number of aromatic nitrogens is 2. The van der Waals surface area contributed by atoms with Gasteiger partial charge in [-0.05, 0) is 31.0 Å². The lowest BCUT2D eigenvalue weighted by atomic mass is 10.2. The minimum absolute atomic E-state index is 0.131. The molecule has 0 fully saturated rings. The quantitative estimate of drug-likeness (QED) is 0.527. The zero-order valence-electron chi connectivity index (χ0n) is 15.4. The zero-order chi connectivity index (χ0) is 19.6. The van der Waals surface area contributed by atoms with Gasteiger partial charge in [0.2, 0.25) is 0 Å². The van der Waals surface area contributed by atoms with Crippen LogP contribution in [0.3, 0.4) is 0 Å². The van der Waals surface area contributed by atoms with Crippen LogP contribution in [0.1, 0.15) is 35.1 Å². The van der Waals surface area contributed by atoms with Crippen molar-refractivity contribution >= 4 is 22.9 Å². The number of rotatable bonds is 6. The van der Waals surface area contributed by atoms with Gasteiger partial charge in [0, 0.05) is 18.3 Å². The molecule has 8 nitrogen and oxygen atoms in total. The molecule has 8 heteroatoms. The molecule has 140 valence electrons. The summed E-state index contributed by atoms with van der Waals surface area (Å²) in [6.07, 6.45) is 3.33. The van der Waals surface area contributed by atoms with E-state index >= 15 is 0 Å². The number of fused-ring (bicyclic) bond motifs is 1. The van der Waals surface area contributed by atoms with Crippen molar-refractivity contribution in [3.05, 3.63) is 63.6 Å². The fourth-order valence-corrected chi connectivity index (χ4v) is 2.94. The highest BCUT2D eigenvalue weighted by Gasteiger charge is 2.21. The summed E-state index contributed by atoms with van der Waals surface area (Å²) in [6.45, 7) is 3.95. The minimum Gasteiger partial charge on any atom is -0.495 e. The molecule has 0 saturated heterocycles. The highest BCUT2D eigenvalue weighted by Crippen LogP contribution is 2.29. The number of pyridine rings is 1. The van der Waals surface area contributed by atoms with Gasteiger partial charge in [0.25, 0.3) is 11.6 Å². The van der Waals surface area contributed by atoms with E-state index in [0.29, 0.717) is 29.2 Å². The van der Waals surface area contributed by atoms with Crippen LogP contribution in [0, 0.1) is 17.0 Å². The van der Waals surface area contributed by atoms with Crippen LogP contribution < -0.4 is 10.1 Å². The molecule has 0 saturated carbocycles. The monoisotopic (exact) mass is 368 g/mol. The third-order valence-corrected chi connectivity index (χ3v) is 4.18. The molecule has 3 aromatic rings. The lowest BCUT2D eigenvalue weighted by Crippen LogP contribution is -2.17. The summed E-state index contributed by atoms with van der Waals surface area (Å²) in [7, 11) is 1.44. The second kappa shape index (κ2) is 7.45. The molecule has 0 bridgehead atoms. The molecule has 2 heterocycles. The van der Waals surface area contributed by atoms with Gasteiger partial charge in [-0.3, -0.25) is 19.3 Å². The Bertz CT molecular complexity index is 1030. The number of amides is 1. The van der Waals surface area contributed by atoms with Crippen LogP contribution in [-0.2, 0) is 6.42 Å². The summed E-state index contributed by atoms with van der Waals surface area (Å²) in [6, 6.07) is 7.86. The van der Waals surface area contributed by atoms with Gasteiger partial charge in [0.15, 0.2) is 0 Å². The average Bonchev–Trinajstić information content (AvgIpc) is 2.99. The molecule has 2 aromatic heterocycles. The summed E-state index contributed by atoms with van der Waals surface area (Å²) in [5.74, 6) is -0.0497. The maximum atomic E-state index is 13.0.